The lowest BCUT2D eigenvalue weighted by Gasteiger charge is -2.48. The van der Waals surface area contributed by atoms with Crippen LogP contribution in [-0.4, -0.2) is 117 Å². The summed E-state index contributed by atoms with van der Waals surface area (Å²) in [5, 5.41) is 6.21. The summed E-state index contributed by atoms with van der Waals surface area (Å²) in [6.07, 6.45) is 14.0. The molecule has 4 amide bonds. The van der Waals surface area contributed by atoms with Gasteiger partial charge in [0.15, 0.2) is 5.82 Å². The van der Waals surface area contributed by atoms with Gasteiger partial charge in [0.2, 0.25) is 17.7 Å². The quantitative estimate of drug-likeness (QED) is 0.100. The molecule has 15 heteroatoms. The number of carbonyl (C=O) groups excluding carboxylic acids is 4. The van der Waals surface area contributed by atoms with Gasteiger partial charge < -0.3 is 35.6 Å². The normalized spacial score (nSPS) is 21.2. The van der Waals surface area contributed by atoms with E-state index in [-0.39, 0.29) is 47.4 Å². The van der Waals surface area contributed by atoms with Crippen molar-refractivity contribution in [1.82, 2.24) is 34.6 Å². The Hall–Kier alpha value is -5.41. The second-order valence-electron chi connectivity index (χ2n) is 21.0. The van der Waals surface area contributed by atoms with E-state index in [4.69, 9.17) is 15.7 Å². The van der Waals surface area contributed by atoms with Crippen molar-refractivity contribution in [3.8, 4) is 11.3 Å². The molecular formula is C53H71FN10O4. The Labute approximate surface area is 400 Å². The zero-order chi connectivity index (χ0) is 47.9. The third kappa shape index (κ3) is 9.61. The molecule has 0 unspecified atom stereocenters. The maximum absolute atomic E-state index is 15.8. The number of amides is 4. The Morgan fingerprint density at radius 1 is 0.912 bits per heavy atom. The van der Waals surface area contributed by atoms with E-state index in [1.54, 1.807) is 19.3 Å². The number of carbonyl (C=O) groups is 4. The molecule has 1 spiro atoms. The van der Waals surface area contributed by atoms with Crippen molar-refractivity contribution in [2.75, 3.05) is 56.0 Å². The highest BCUT2D eigenvalue weighted by Gasteiger charge is 2.56. The van der Waals surface area contributed by atoms with Gasteiger partial charge in [-0.25, -0.2) is 14.4 Å². The number of hydrogen-bond donors (Lipinski definition) is 3. The van der Waals surface area contributed by atoms with E-state index in [0.717, 1.165) is 87.9 Å². The average molecular weight is 931 g/mol. The fourth-order valence-corrected chi connectivity index (χ4v) is 11.7. The highest BCUT2D eigenvalue weighted by Crippen LogP contribution is 2.52. The van der Waals surface area contributed by atoms with Crippen LogP contribution in [0.5, 0.6) is 0 Å². The molecule has 0 atom stereocenters. The predicted octanol–water partition coefficient (Wildman–Crippen LogP) is 7.99. The Morgan fingerprint density at radius 2 is 1.65 bits per heavy atom. The molecule has 2 aromatic carbocycles. The molecule has 364 valence electrons. The van der Waals surface area contributed by atoms with Crippen LogP contribution in [0.15, 0.2) is 42.7 Å². The molecule has 5 aliphatic rings. The fourth-order valence-electron chi connectivity index (χ4n) is 11.7. The second-order valence-corrected chi connectivity index (χ2v) is 21.0. The van der Waals surface area contributed by atoms with Gasteiger partial charge >= 0.3 is 0 Å². The second kappa shape index (κ2) is 19.9. The number of anilines is 3. The number of pyridine rings is 1. The summed E-state index contributed by atoms with van der Waals surface area (Å²) in [7, 11) is 0. The van der Waals surface area contributed by atoms with E-state index in [0.29, 0.717) is 84.5 Å². The van der Waals surface area contributed by atoms with Crippen molar-refractivity contribution >= 4 is 51.9 Å². The number of nitrogens with zero attached hydrogens (tertiary/aromatic N) is 7. The summed E-state index contributed by atoms with van der Waals surface area (Å²) in [5.74, 6) is 0.291. The number of benzene rings is 2. The van der Waals surface area contributed by atoms with Crippen LogP contribution in [0.1, 0.15) is 139 Å². The van der Waals surface area contributed by atoms with Gasteiger partial charge in [0.05, 0.1) is 35.2 Å². The van der Waals surface area contributed by atoms with Gasteiger partial charge in [0, 0.05) is 60.5 Å². The highest BCUT2D eigenvalue weighted by atomic mass is 19.1. The summed E-state index contributed by atoms with van der Waals surface area (Å²) in [5.41, 5.74) is 10.4. The van der Waals surface area contributed by atoms with E-state index in [1.807, 2.05) is 35.4 Å². The molecule has 6 heterocycles. The van der Waals surface area contributed by atoms with Crippen LogP contribution in [-0.2, 0) is 19.8 Å². The summed E-state index contributed by atoms with van der Waals surface area (Å²) < 4.78 is 17.9. The molecule has 9 rings (SSSR count). The zero-order valence-electron chi connectivity index (χ0n) is 40.8. The number of piperidine rings is 3. The van der Waals surface area contributed by atoms with E-state index in [1.165, 1.54) is 25.3 Å². The summed E-state index contributed by atoms with van der Waals surface area (Å²) in [6.45, 7) is 15.1. The molecule has 4 aromatic rings. The number of unbranched alkanes of at least 4 members (excludes halogenated alkanes) is 1. The number of fused-ring (bicyclic) bond motifs is 3. The number of aromatic nitrogens is 3. The average Bonchev–Trinajstić information content (AvgIpc) is 3.83. The van der Waals surface area contributed by atoms with Crippen molar-refractivity contribution in [2.24, 2.45) is 11.7 Å². The third-order valence-corrected chi connectivity index (χ3v) is 15.7. The van der Waals surface area contributed by atoms with Crippen LogP contribution in [0.4, 0.5) is 21.6 Å². The molecule has 3 saturated heterocycles. The Morgan fingerprint density at radius 3 is 2.34 bits per heavy atom. The summed E-state index contributed by atoms with van der Waals surface area (Å²) >= 11 is 0. The lowest BCUT2D eigenvalue weighted by molar-refractivity contribution is -0.137. The molecule has 4 fully saturated rings. The highest BCUT2D eigenvalue weighted by molar-refractivity contribution is 6.09. The standard InChI is InChI=1S/C53H71FN10O4/c1-33(2)57-51(67)40-29-44(42(54)25-35(40)5)59-50-49-45(56-32-63(49)34(3)4)30-43(58-50)37-13-14-41-46(26-37)64(39-27-38(28-39)61-19-9-6-10-20-61)52(68)53(41)17-23-62(24-18-53)48(66)31-60-21-15-36(16-22-60)11-7-8-12-47(55)65/h13-14,25-26,29-30,32-34,36,38-39H,6-12,15-24,27-28,31H2,1-5H3,(H2,55,65)(H,57,67)(H,58,59). The molecule has 2 aromatic heterocycles. The molecule has 14 nitrogen and oxygen atoms in total. The first-order valence-electron chi connectivity index (χ1n) is 25.5. The van der Waals surface area contributed by atoms with Gasteiger partial charge in [-0.2, -0.15) is 0 Å². The van der Waals surface area contributed by atoms with Crippen LogP contribution in [0.3, 0.4) is 0 Å². The van der Waals surface area contributed by atoms with Crippen molar-refractivity contribution in [3.63, 3.8) is 0 Å². The smallest absolute Gasteiger partial charge is 0.251 e. The minimum atomic E-state index is -0.726. The van der Waals surface area contributed by atoms with Gasteiger partial charge in [-0.15, -0.1) is 0 Å². The number of halogens is 1. The van der Waals surface area contributed by atoms with Crippen LogP contribution in [0.2, 0.25) is 0 Å². The minimum Gasteiger partial charge on any atom is -0.370 e. The Bertz CT molecular complexity index is 2530. The summed E-state index contributed by atoms with van der Waals surface area (Å²) in [4.78, 5) is 72.4. The number of imidazole rings is 1. The van der Waals surface area contributed by atoms with Gasteiger partial charge in [-0.05, 0) is 160 Å². The van der Waals surface area contributed by atoms with Crippen molar-refractivity contribution in [1.29, 1.82) is 0 Å². The Balaban J connectivity index is 0.982. The third-order valence-electron chi connectivity index (χ3n) is 15.7. The number of nitrogens with two attached hydrogens (primary N) is 1. The van der Waals surface area contributed by atoms with E-state index >= 15 is 9.18 Å². The number of rotatable bonds is 15. The largest absolute Gasteiger partial charge is 0.370 e. The molecule has 68 heavy (non-hydrogen) atoms. The van der Waals surface area contributed by atoms with Gasteiger partial charge in [-0.1, -0.05) is 31.4 Å². The first-order chi connectivity index (χ1) is 32.7. The fraction of sp³-hybridized carbons (Fsp3) is 0.585. The van der Waals surface area contributed by atoms with Gasteiger partial charge in [0.25, 0.3) is 5.91 Å². The molecule has 0 radical (unpaired) electrons. The van der Waals surface area contributed by atoms with Gasteiger partial charge in [0.1, 0.15) is 11.3 Å². The lowest BCUT2D eigenvalue weighted by Crippen LogP contribution is -2.58. The number of primary amides is 1. The van der Waals surface area contributed by atoms with Gasteiger partial charge in [-0.3, -0.25) is 24.1 Å². The zero-order valence-corrected chi connectivity index (χ0v) is 40.8. The van der Waals surface area contributed by atoms with Crippen LogP contribution in [0, 0.1) is 18.7 Å². The number of likely N-dealkylation sites (tertiary alicyclic amines) is 3. The monoisotopic (exact) mass is 931 g/mol. The molecule has 1 saturated carbocycles. The van der Waals surface area contributed by atoms with E-state index < -0.39 is 11.2 Å². The topological polar surface area (TPSA) is 162 Å². The van der Waals surface area contributed by atoms with Crippen molar-refractivity contribution in [3.05, 3.63) is 65.2 Å². The predicted molar refractivity (Wildman–Crippen MR) is 264 cm³/mol. The maximum atomic E-state index is 15.8. The number of hydrogen-bond acceptors (Lipinski definition) is 9. The number of nitrogens with one attached hydrogen (secondary N) is 2. The molecular weight excluding hydrogens is 860 g/mol. The molecule has 4 N–H and O–H groups in total. The molecule has 1 aliphatic carbocycles. The van der Waals surface area contributed by atoms with Crippen LogP contribution < -0.4 is 21.3 Å². The Kier molecular flexibility index (Phi) is 13.9. The molecule has 4 aliphatic heterocycles. The molecule has 0 bridgehead atoms. The van der Waals surface area contributed by atoms with Crippen molar-refractivity contribution < 1.29 is 23.6 Å². The van der Waals surface area contributed by atoms with E-state index in [9.17, 15) is 14.4 Å². The maximum Gasteiger partial charge on any atom is 0.251 e. The first kappa shape index (κ1) is 47.6. The lowest BCUT2D eigenvalue weighted by atomic mass is 9.73. The number of aryl methyl sites for hydroxylation is 1. The SMILES string of the molecule is Cc1cc(F)c(Nc2nc(-c3ccc4c(c3)N(C3CC(N5CCCCC5)C3)C(=O)C43CCN(C(=O)CN4CCC(CCCCC(N)=O)CC4)CC3)cc3ncn(C(C)C)c23)cc1C(=O)NC(C)C. The van der Waals surface area contributed by atoms with Crippen LogP contribution >= 0.6 is 0 Å². The van der Waals surface area contributed by atoms with E-state index in [2.05, 4.69) is 51.3 Å². The van der Waals surface area contributed by atoms with Crippen molar-refractivity contribution in [2.45, 2.75) is 148 Å². The first-order valence-corrected chi connectivity index (χ1v) is 25.5. The van der Waals surface area contributed by atoms with Crippen LogP contribution in [0.25, 0.3) is 22.3 Å². The summed E-state index contributed by atoms with van der Waals surface area (Å²) in [6, 6.07) is 11.7. The minimum absolute atomic E-state index is 0.0343.